The van der Waals surface area contributed by atoms with Crippen LogP contribution in [0, 0.1) is 0 Å². The van der Waals surface area contributed by atoms with Gasteiger partial charge in [0, 0.05) is 29.8 Å². The Balaban J connectivity index is 1.78. The van der Waals surface area contributed by atoms with Gasteiger partial charge in [-0.25, -0.2) is 0 Å². The molecule has 1 aliphatic rings. The fourth-order valence-corrected chi connectivity index (χ4v) is 4.12. The van der Waals surface area contributed by atoms with Gasteiger partial charge < -0.3 is 15.7 Å². The van der Waals surface area contributed by atoms with Crippen LogP contribution >= 0.6 is 0 Å². The molecule has 4 heteroatoms. The first kappa shape index (κ1) is 20.0. The molecular weight excluding hydrogens is 348 g/mol. The standard InChI is InChI=1S/C24H30N2O2/c1-24(2)20-8-5-6-9-21(20)26(17-7-3-4-10-23(27)28)22(24)16-13-18-11-14-19(25)15-12-18/h5-6,8-9,11-16,22H,3-4,7,10,17,25H2,1-2H3,(H,27,28)/b16-13+. The predicted octanol–water partition coefficient (Wildman–Crippen LogP) is 5.09. The van der Waals surface area contributed by atoms with Gasteiger partial charge in [-0.15, -0.1) is 0 Å². The summed E-state index contributed by atoms with van der Waals surface area (Å²) in [7, 11) is 0. The van der Waals surface area contributed by atoms with Crippen LogP contribution in [0.4, 0.5) is 11.4 Å². The first-order valence-electron chi connectivity index (χ1n) is 10.0. The number of nitrogens with zero attached hydrogens (tertiary/aromatic N) is 1. The van der Waals surface area contributed by atoms with E-state index in [9.17, 15) is 4.79 Å². The molecule has 3 N–H and O–H groups in total. The van der Waals surface area contributed by atoms with Crippen molar-refractivity contribution in [2.45, 2.75) is 51.0 Å². The molecule has 0 fully saturated rings. The molecule has 2 aromatic carbocycles. The minimum Gasteiger partial charge on any atom is -0.481 e. The molecule has 1 aliphatic heterocycles. The first-order valence-corrected chi connectivity index (χ1v) is 10.0. The van der Waals surface area contributed by atoms with Crippen molar-refractivity contribution in [3.63, 3.8) is 0 Å². The molecule has 0 spiro atoms. The van der Waals surface area contributed by atoms with E-state index in [2.05, 4.69) is 55.2 Å². The number of para-hydroxylation sites is 1. The van der Waals surface area contributed by atoms with Crippen LogP contribution in [0.25, 0.3) is 6.08 Å². The van der Waals surface area contributed by atoms with E-state index in [1.54, 1.807) is 0 Å². The lowest BCUT2D eigenvalue weighted by atomic mass is 9.80. The van der Waals surface area contributed by atoms with Crippen LogP contribution in [0.3, 0.4) is 0 Å². The summed E-state index contributed by atoms with van der Waals surface area (Å²) in [6.45, 7) is 5.53. The van der Waals surface area contributed by atoms with Crippen molar-refractivity contribution in [1.29, 1.82) is 0 Å². The van der Waals surface area contributed by atoms with Crippen LogP contribution in [-0.4, -0.2) is 23.7 Å². The fraction of sp³-hybridized carbons (Fsp3) is 0.375. The van der Waals surface area contributed by atoms with E-state index in [0.717, 1.165) is 37.1 Å². The van der Waals surface area contributed by atoms with E-state index < -0.39 is 5.97 Å². The van der Waals surface area contributed by atoms with E-state index in [-0.39, 0.29) is 17.9 Å². The molecule has 1 atom stereocenters. The summed E-state index contributed by atoms with van der Waals surface area (Å²) < 4.78 is 0. The number of hydrogen-bond acceptors (Lipinski definition) is 3. The van der Waals surface area contributed by atoms with Crippen LogP contribution < -0.4 is 10.6 Å². The zero-order valence-electron chi connectivity index (χ0n) is 16.8. The Hall–Kier alpha value is -2.75. The molecule has 0 aromatic heterocycles. The van der Waals surface area contributed by atoms with Gasteiger partial charge in [-0.05, 0) is 42.2 Å². The van der Waals surface area contributed by atoms with Gasteiger partial charge in [0.25, 0.3) is 0 Å². The maximum absolute atomic E-state index is 10.7. The number of carboxylic acids is 1. The maximum Gasteiger partial charge on any atom is 0.303 e. The van der Waals surface area contributed by atoms with Crippen LogP contribution in [0.2, 0.25) is 0 Å². The Kier molecular flexibility index (Phi) is 6.08. The Morgan fingerprint density at radius 2 is 1.82 bits per heavy atom. The molecule has 0 aliphatic carbocycles. The highest BCUT2D eigenvalue weighted by atomic mass is 16.4. The number of anilines is 2. The van der Waals surface area contributed by atoms with E-state index in [4.69, 9.17) is 10.8 Å². The molecule has 4 nitrogen and oxygen atoms in total. The molecule has 0 bridgehead atoms. The van der Waals surface area contributed by atoms with Gasteiger partial charge >= 0.3 is 5.97 Å². The number of nitrogen functional groups attached to an aromatic ring is 1. The van der Waals surface area contributed by atoms with Crippen LogP contribution in [0.1, 0.15) is 50.7 Å². The minimum absolute atomic E-state index is 0.00195. The molecule has 0 radical (unpaired) electrons. The highest BCUT2D eigenvalue weighted by Gasteiger charge is 2.42. The average molecular weight is 379 g/mol. The number of aliphatic carboxylic acids is 1. The van der Waals surface area contributed by atoms with Gasteiger partial charge in [-0.3, -0.25) is 4.79 Å². The lowest BCUT2D eigenvalue weighted by Crippen LogP contribution is -2.40. The van der Waals surface area contributed by atoms with Gasteiger partial charge in [0.2, 0.25) is 0 Å². The number of hydrogen-bond donors (Lipinski definition) is 2. The molecule has 0 saturated carbocycles. The zero-order valence-corrected chi connectivity index (χ0v) is 16.8. The fourth-order valence-electron chi connectivity index (χ4n) is 4.12. The zero-order chi connectivity index (χ0) is 20.1. The van der Waals surface area contributed by atoms with E-state index in [1.165, 1.54) is 11.3 Å². The Morgan fingerprint density at radius 3 is 2.54 bits per heavy atom. The number of benzene rings is 2. The minimum atomic E-state index is -0.711. The Morgan fingerprint density at radius 1 is 1.11 bits per heavy atom. The number of fused-ring (bicyclic) bond motifs is 1. The molecular formula is C24H30N2O2. The first-order chi connectivity index (χ1) is 13.4. The second-order valence-electron chi connectivity index (χ2n) is 8.11. The quantitative estimate of drug-likeness (QED) is 0.496. The Labute approximate surface area is 167 Å². The third-order valence-electron chi connectivity index (χ3n) is 5.68. The van der Waals surface area contributed by atoms with Gasteiger partial charge in [0.05, 0.1) is 6.04 Å². The number of rotatable bonds is 8. The molecule has 28 heavy (non-hydrogen) atoms. The average Bonchev–Trinajstić information content (AvgIpc) is 2.88. The maximum atomic E-state index is 10.7. The summed E-state index contributed by atoms with van der Waals surface area (Å²) in [5, 5.41) is 8.83. The predicted molar refractivity (Wildman–Crippen MR) is 117 cm³/mol. The molecule has 1 heterocycles. The largest absolute Gasteiger partial charge is 0.481 e. The summed E-state index contributed by atoms with van der Waals surface area (Å²) in [6.07, 6.45) is 7.38. The van der Waals surface area contributed by atoms with E-state index >= 15 is 0 Å². The van der Waals surface area contributed by atoms with E-state index in [0.29, 0.717) is 0 Å². The second-order valence-corrected chi connectivity index (χ2v) is 8.11. The monoisotopic (exact) mass is 378 g/mol. The van der Waals surface area contributed by atoms with Gasteiger partial charge in [-0.1, -0.05) is 62.8 Å². The summed E-state index contributed by atoms with van der Waals surface area (Å²) in [4.78, 5) is 13.2. The molecule has 3 rings (SSSR count). The lowest BCUT2D eigenvalue weighted by molar-refractivity contribution is -0.137. The van der Waals surface area contributed by atoms with Crippen molar-refractivity contribution in [3.8, 4) is 0 Å². The highest BCUT2D eigenvalue weighted by molar-refractivity contribution is 5.67. The molecule has 148 valence electrons. The number of carbonyl (C=O) groups is 1. The molecule has 2 aromatic rings. The second kappa shape index (κ2) is 8.51. The smallest absolute Gasteiger partial charge is 0.303 e. The van der Waals surface area contributed by atoms with Crippen LogP contribution in [0.15, 0.2) is 54.6 Å². The van der Waals surface area contributed by atoms with Crippen molar-refractivity contribution < 1.29 is 9.90 Å². The number of carboxylic acid groups (broad SMARTS) is 1. The summed E-state index contributed by atoms with van der Waals surface area (Å²) in [5.74, 6) is -0.711. The summed E-state index contributed by atoms with van der Waals surface area (Å²) in [5.41, 5.74) is 10.4. The van der Waals surface area contributed by atoms with Crippen molar-refractivity contribution in [1.82, 2.24) is 0 Å². The van der Waals surface area contributed by atoms with Crippen molar-refractivity contribution >= 4 is 23.4 Å². The molecule has 0 amide bonds. The Bertz CT molecular complexity index is 840. The van der Waals surface area contributed by atoms with Crippen LogP contribution in [-0.2, 0) is 10.2 Å². The summed E-state index contributed by atoms with van der Waals surface area (Å²) >= 11 is 0. The molecule has 1 unspecified atom stereocenters. The lowest BCUT2D eigenvalue weighted by Gasteiger charge is -2.32. The normalized spacial score (nSPS) is 17.8. The molecule has 0 saturated heterocycles. The van der Waals surface area contributed by atoms with Crippen molar-refractivity contribution in [2.75, 3.05) is 17.2 Å². The van der Waals surface area contributed by atoms with Crippen LogP contribution in [0.5, 0.6) is 0 Å². The third kappa shape index (κ3) is 4.38. The highest BCUT2D eigenvalue weighted by Crippen LogP contribution is 2.45. The topological polar surface area (TPSA) is 66.6 Å². The third-order valence-corrected chi connectivity index (χ3v) is 5.68. The summed E-state index contributed by atoms with van der Waals surface area (Å²) in [6, 6.07) is 16.8. The number of nitrogens with two attached hydrogens (primary N) is 1. The SMILES string of the molecule is CC1(C)c2ccccc2N(CCCCCC(=O)O)C1/C=C/c1ccc(N)cc1. The van der Waals surface area contributed by atoms with Gasteiger partial charge in [0.1, 0.15) is 0 Å². The van der Waals surface area contributed by atoms with Gasteiger partial charge in [0.15, 0.2) is 0 Å². The van der Waals surface area contributed by atoms with Crippen molar-refractivity contribution in [2.24, 2.45) is 0 Å². The van der Waals surface area contributed by atoms with Gasteiger partial charge in [-0.2, -0.15) is 0 Å². The van der Waals surface area contributed by atoms with Crippen molar-refractivity contribution in [3.05, 3.63) is 65.7 Å². The van der Waals surface area contributed by atoms with E-state index in [1.807, 2.05) is 24.3 Å². The number of unbranched alkanes of at least 4 members (excludes halogenated alkanes) is 2.